The number of carbonyl (C=O) groups is 1. The van der Waals surface area contributed by atoms with Crippen molar-refractivity contribution in [2.24, 2.45) is 11.8 Å². The molecule has 1 unspecified atom stereocenters. The number of para-hydroxylation sites is 1. The lowest BCUT2D eigenvalue weighted by Crippen LogP contribution is -2.48. The molecule has 29 heavy (non-hydrogen) atoms. The van der Waals surface area contributed by atoms with Crippen LogP contribution in [0, 0.1) is 11.8 Å². The van der Waals surface area contributed by atoms with Crippen molar-refractivity contribution in [2.45, 2.75) is 19.3 Å². The van der Waals surface area contributed by atoms with Gasteiger partial charge in [0.05, 0.1) is 6.61 Å². The van der Waals surface area contributed by atoms with Crippen LogP contribution in [-0.2, 0) is 11.2 Å². The van der Waals surface area contributed by atoms with E-state index in [2.05, 4.69) is 26.9 Å². The summed E-state index contributed by atoms with van der Waals surface area (Å²) in [5, 5.41) is 0.801. The van der Waals surface area contributed by atoms with Gasteiger partial charge in [-0.2, -0.15) is 0 Å². The molecule has 0 aliphatic carbocycles. The zero-order valence-corrected chi connectivity index (χ0v) is 18.7. The zero-order chi connectivity index (χ0) is 20.2. The first kappa shape index (κ1) is 20.7. The molecule has 0 aromatic heterocycles. The van der Waals surface area contributed by atoms with Crippen LogP contribution in [0.4, 0.5) is 10.5 Å². The SMILES string of the molecule is O=C1OCC(CN2CCC(Cc3cc(Cl)ccc3Br)CC2)CN1c1ccccc1. The van der Waals surface area contributed by atoms with Gasteiger partial charge in [-0.25, -0.2) is 4.79 Å². The van der Waals surface area contributed by atoms with Crippen LogP contribution in [0.1, 0.15) is 18.4 Å². The maximum Gasteiger partial charge on any atom is 0.414 e. The summed E-state index contributed by atoms with van der Waals surface area (Å²) < 4.78 is 6.61. The molecule has 2 saturated heterocycles. The highest BCUT2D eigenvalue weighted by atomic mass is 79.9. The summed E-state index contributed by atoms with van der Waals surface area (Å²) in [5.41, 5.74) is 2.21. The van der Waals surface area contributed by atoms with Crippen LogP contribution in [-0.4, -0.2) is 43.8 Å². The average molecular weight is 478 g/mol. The molecule has 0 saturated carbocycles. The van der Waals surface area contributed by atoms with Crippen molar-refractivity contribution < 1.29 is 9.53 Å². The first-order valence-corrected chi connectivity index (χ1v) is 11.4. The summed E-state index contributed by atoms with van der Waals surface area (Å²) in [4.78, 5) is 16.5. The van der Waals surface area contributed by atoms with E-state index in [1.807, 2.05) is 42.5 Å². The van der Waals surface area contributed by atoms with E-state index in [1.54, 1.807) is 4.90 Å². The number of anilines is 1. The predicted molar refractivity (Wildman–Crippen MR) is 121 cm³/mol. The van der Waals surface area contributed by atoms with E-state index >= 15 is 0 Å². The Bertz CT molecular complexity index is 840. The number of hydrogen-bond acceptors (Lipinski definition) is 3. The fourth-order valence-electron chi connectivity index (χ4n) is 4.33. The molecule has 1 amide bonds. The Hall–Kier alpha value is -1.56. The van der Waals surface area contributed by atoms with Crippen molar-refractivity contribution >= 4 is 39.3 Å². The molecular weight excluding hydrogens is 452 g/mol. The van der Waals surface area contributed by atoms with Gasteiger partial charge in [0.2, 0.25) is 0 Å². The van der Waals surface area contributed by atoms with E-state index in [9.17, 15) is 4.79 Å². The number of nitrogens with zero attached hydrogens (tertiary/aromatic N) is 2. The smallest absolute Gasteiger partial charge is 0.414 e. The number of hydrogen-bond donors (Lipinski definition) is 0. The van der Waals surface area contributed by atoms with Gasteiger partial charge >= 0.3 is 6.09 Å². The lowest BCUT2D eigenvalue weighted by molar-refractivity contribution is 0.0870. The van der Waals surface area contributed by atoms with Gasteiger partial charge in [-0.15, -0.1) is 0 Å². The van der Waals surface area contributed by atoms with Crippen molar-refractivity contribution in [3.8, 4) is 0 Å². The maximum absolute atomic E-state index is 12.2. The Morgan fingerprint density at radius 3 is 2.59 bits per heavy atom. The summed E-state index contributed by atoms with van der Waals surface area (Å²) in [6.45, 7) is 4.40. The molecule has 2 aromatic rings. The molecule has 4 nitrogen and oxygen atoms in total. The van der Waals surface area contributed by atoms with Gasteiger partial charge in [0, 0.05) is 34.2 Å². The summed E-state index contributed by atoms with van der Waals surface area (Å²) >= 11 is 9.81. The minimum absolute atomic E-state index is 0.238. The van der Waals surface area contributed by atoms with Crippen LogP contribution < -0.4 is 4.90 Å². The summed E-state index contributed by atoms with van der Waals surface area (Å²) in [6.07, 6.45) is 3.21. The van der Waals surface area contributed by atoms with Gasteiger partial charge in [0.25, 0.3) is 0 Å². The largest absolute Gasteiger partial charge is 0.449 e. The Labute approximate surface area is 185 Å². The Morgan fingerprint density at radius 1 is 1.07 bits per heavy atom. The first-order chi connectivity index (χ1) is 14.1. The lowest BCUT2D eigenvalue weighted by atomic mass is 9.89. The van der Waals surface area contributed by atoms with E-state index in [1.165, 1.54) is 18.4 Å². The normalized spacial score (nSPS) is 21.2. The van der Waals surface area contributed by atoms with E-state index in [0.717, 1.165) is 47.8 Å². The number of rotatable bonds is 5. The second kappa shape index (κ2) is 9.50. The molecule has 0 spiro atoms. The minimum atomic E-state index is -0.238. The second-order valence-corrected chi connectivity index (χ2v) is 9.36. The molecular formula is C23H26BrClN2O2. The van der Waals surface area contributed by atoms with E-state index in [4.69, 9.17) is 16.3 Å². The number of carbonyl (C=O) groups excluding carboxylic acids is 1. The van der Waals surface area contributed by atoms with Crippen LogP contribution in [0.2, 0.25) is 5.02 Å². The monoisotopic (exact) mass is 476 g/mol. The third-order valence-corrected chi connectivity index (χ3v) is 6.92. The van der Waals surface area contributed by atoms with Crippen LogP contribution in [0.3, 0.4) is 0 Å². The average Bonchev–Trinajstić information content (AvgIpc) is 2.74. The topological polar surface area (TPSA) is 32.8 Å². The molecule has 2 aromatic carbocycles. The van der Waals surface area contributed by atoms with Crippen LogP contribution in [0.5, 0.6) is 0 Å². The highest BCUT2D eigenvalue weighted by Crippen LogP contribution is 2.29. The number of cyclic esters (lactones) is 1. The van der Waals surface area contributed by atoms with E-state index in [-0.39, 0.29) is 6.09 Å². The highest BCUT2D eigenvalue weighted by Gasteiger charge is 2.30. The van der Waals surface area contributed by atoms with Crippen molar-refractivity contribution in [1.82, 2.24) is 4.90 Å². The van der Waals surface area contributed by atoms with E-state index in [0.29, 0.717) is 18.4 Å². The number of amides is 1. The van der Waals surface area contributed by atoms with Crippen molar-refractivity contribution in [2.75, 3.05) is 37.7 Å². The van der Waals surface area contributed by atoms with E-state index < -0.39 is 0 Å². The fraction of sp³-hybridized carbons (Fsp3) is 0.435. The lowest BCUT2D eigenvalue weighted by Gasteiger charge is -2.38. The van der Waals surface area contributed by atoms with Crippen molar-refractivity contribution in [3.63, 3.8) is 0 Å². The second-order valence-electron chi connectivity index (χ2n) is 8.07. The third-order valence-electron chi connectivity index (χ3n) is 5.91. The molecule has 0 N–H and O–H groups in total. The first-order valence-electron chi connectivity index (χ1n) is 10.2. The third kappa shape index (κ3) is 5.33. The van der Waals surface area contributed by atoms with Crippen LogP contribution in [0.25, 0.3) is 0 Å². The molecule has 4 rings (SSSR count). The number of ether oxygens (including phenoxy) is 1. The molecule has 0 bridgehead atoms. The van der Waals surface area contributed by atoms with Crippen LogP contribution >= 0.6 is 27.5 Å². The highest BCUT2D eigenvalue weighted by molar-refractivity contribution is 9.10. The van der Waals surface area contributed by atoms with Gasteiger partial charge in [-0.05, 0) is 74.2 Å². The van der Waals surface area contributed by atoms with Gasteiger partial charge in [-0.3, -0.25) is 4.90 Å². The molecule has 2 aliphatic heterocycles. The molecule has 2 heterocycles. The zero-order valence-electron chi connectivity index (χ0n) is 16.4. The van der Waals surface area contributed by atoms with Crippen molar-refractivity contribution in [3.05, 3.63) is 63.6 Å². The standard InChI is InChI=1S/C23H26BrClN2O2/c24-22-7-6-20(25)13-19(22)12-17-8-10-26(11-9-17)14-18-15-27(23(28)29-16-18)21-4-2-1-3-5-21/h1-7,13,17-18H,8-12,14-16H2. The summed E-state index contributed by atoms with van der Waals surface area (Å²) in [7, 11) is 0. The number of benzene rings is 2. The Balaban J connectivity index is 1.28. The molecule has 1 atom stereocenters. The van der Waals surface area contributed by atoms with Crippen molar-refractivity contribution in [1.29, 1.82) is 0 Å². The molecule has 6 heteroatoms. The minimum Gasteiger partial charge on any atom is -0.449 e. The molecule has 2 aliphatic rings. The van der Waals surface area contributed by atoms with Gasteiger partial charge in [0.15, 0.2) is 0 Å². The number of halogens is 2. The Kier molecular flexibility index (Phi) is 6.78. The van der Waals surface area contributed by atoms with Gasteiger partial charge in [-0.1, -0.05) is 45.7 Å². The van der Waals surface area contributed by atoms with Crippen LogP contribution in [0.15, 0.2) is 53.0 Å². The predicted octanol–water partition coefficient (Wildman–Crippen LogP) is 5.63. The molecule has 154 valence electrons. The van der Waals surface area contributed by atoms with Gasteiger partial charge in [0.1, 0.15) is 0 Å². The van der Waals surface area contributed by atoms with Gasteiger partial charge < -0.3 is 9.64 Å². The number of piperidine rings is 1. The quantitative estimate of drug-likeness (QED) is 0.559. The molecule has 0 radical (unpaired) electrons. The number of likely N-dealkylation sites (tertiary alicyclic amines) is 1. The summed E-state index contributed by atoms with van der Waals surface area (Å²) in [5.74, 6) is 1.03. The maximum atomic E-state index is 12.2. The summed E-state index contributed by atoms with van der Waals surface area (Å²) in [6, 6.07) is 15.8. The fourth-order valence-corrected chi connectivity index (χ4v) is 4.93. The molecule has 2 fully saturated rings. The Morgan fingerprint density at radius 2 is 1.83 bits per heavy atom.